The predicted molar refractivity (Wildman–Crippen MR) is 118 cm³/mol. The van der Waals surface area contributed by atoms with E-state index in [-0.39, 0.29) is 18.9 Å². The minimum Gasteiger partial charge on any atom is -0.378 e. The topological polar surface area (TPSA) is 75.7 Å². The summed E-state index contributed by atoms with van der Waals surface area (Å²) in [6, 6.07) is 5.19. The molecule has 1 aliphatic carbocycles. The second-order valence-corrected chi connectivity index (χ2v) is 9.97. The smallest absolute Gasteiger partial charge is 0.232 e. The van der Waals surface area contributed by atoms with Crippen LogP contribution in [0.1, 0.15) is 56.9 Å². The number of ether oxygens (including phenoxy) is 1. The SMILES string of the molecule is Cc1c(Cl)cccc1N(CCCC(=O)NCCCOC1CCCCC1)S(C)(=O)=O. The standard InChI is InChI=1S/C21H33ClN2O4S/c1-17-19(22)11-6-12-20(17)24(29(2,26)27)15-7-13-21(25)23-14-8-16-28-18-9-4-3-5-10-18/h6,11-12,18H,3-5,7-10,13-16H2,1-2H3,(H,23,25). The lowest BCUT2D eigenvalue weighted by Gasteiger charge is -2.24. The first kappa shape index (κ1) is 24.0. The Balaban J connectivity index is 1.70. The first-order valence-corrected chi connectivity index (χ1v) is 12.6. The lowest BCUT2D eigenvalue weighted by Crippen LogP contribution is -2.33. The van der Waals surface area contributed by atoms with Gasteiger partial charge in [0.15, 0.2) is 0 Å². The van der Waals surface area contributed by atoms with Gasteiger partial charge in [0.25, 0.3) is 0 Å². The van der Waals surface area contributed by atoms with Crippen LogP contribution in [0.25, 0.3) is 0 Å². The molecule has 0 unspecified atom stereocenters. The molecule has 164 valence electrons. The molecule has 1 N–H and O–H groups in total. The average Bonchev–Trinajstić information content (AvgIpc) is 2.67. The van der Waals surface area contributed by atoms with Crippen LogP contribution in [0.4, 0.5) is 5.69 Å². The number of halogens is 1. The molecule has 0 aromatic heterocycles. The monoisotopic (exact) mass is 444 g/mol. The quantitative estimate of drug-likeness (QED) is 0.522. The minimum atomic E-state index is -3.46. The Morgan fingerprint density at radius 1 is 1.24 bits per heavy atom. The summed E-state index contributed by atoms with van der Waals surface area (Å²) in [4.78, 5) is 12.1. The van der Waals surface area contributed by atoms with E-state index in [1.807, 2.05) is 0 Å². The molecule has 1 amide bonds. The Bertz CT molecular complexity index is 764. The number of nitrogens with one attached hydrogen (secondary N) is 1. The van der Waals surface area contributed by atoms with Crippen molar-refractivity contribution in [3.05, 3.63) is 28.8 Å². The first-order chi connectivity index (χ1) is 13.8. The fourth-order valence-electron chi connectivity index (χ4n) is 3.58. The van der Waals surface area contributed by atoms with Crippen molar-refractivity contribution in [3.63, 3.8) is 0 Å². The van der Waals surface area contributed by atoms with Crippen LogP contribution in [0, 0.1) is 6.92 Å². The molecule has 0 bridgehead atoms. The maximum absolute atomic E-state index is 12.2. The number of hydrogen-bond donors (Lipinski definition) is 1. The van der Waals surface area contributed by atoms with Gasteiger partial charge in [0.05, 0.1) is 18.0 Å². The highest BCUT2D eigenvalue weighted by atomic mass is 35.5. The summed E-state index contributed by atoms with van der Waals surface area (Å²) < 4.78 is 31.6. The number of nitrogens with zero attached hydrogens (tertiary/aromatic N) is 1. The molecule has 0 saturated heterocycles. The summed E-state index contributed by atoms with van der Waals surface area (Å²) in [6.07, 6.45) is 9.16. The van der Waals surface area contributed by atoms with Crippen LogP contribution in [0.2, 0.25) is 5.02 Å². The Hall–Kier alpha value is -1.31. The molecule has 29 heavy (non-hydrogen) atoms. The van der Waals surface area contributed by atoms with Crippen LogP contribution in [0.15, 0.2) is 18.2 Å². The third-order valence-corrected chi connectivity index (χ3v) is 6.81. The van der Waals surface area contributed by atoms with Gasteiger partial charge in [-0.3, -0.25) is 9.10 Å². The van der Waals surface area contributed by atoms with Gasteiger partial charge in [0.1, 0.15) is 0 Å². The van der Waals surface area contributed by atoms with Crippen molar-refractivity contribution >= 4 is 33.2 Å². The van der Waals surface area contributed by atoms with Crippen molar-refractivity contribution in [2.45, 2.75) is 64.4 Å². The van der Waals surface area contributed by atoms with Crippen molar-refractivity contribution in [1.29, 1.82) is 0 Å². The highest BCUT2D eigenvalue weighted by Crippen LogP contribution is 2.28. The highest BCUT2D eigenvalue weighted by Gasteiger charge is 2.20. The number of carbonyl (C=O) groups is 1. The van der Waals surface area contributed by atoms with Crippen LogP contribution in [0.5, 0.6) is 0 Å². The van der Waals surface area contributed by atoms with E-state index in [4.69, 9.17) is 16.3 Å². The molecule has 8 heteroatoms. The molecule has 0 heterocycles. The van der Waals surface area contributed by atoms with Crippen LogP contribution in [0.3, 0.4) is 0 Å². The van der Waals surface area contributed by atoms with Gasteiger partial charge in [0, 0.05) is 31.1 Å². The zero-order chi connectivity index (χ0) is 21.3. The molecule has 6 nitrogen and oxygen atoms in total. The molecule has 1 aromatic rings. The molecule has 0 spiro atoms. The van der Waals surface area contributed by atoms with Gasteiger partial charge < -0.3 is 10.1 Å². The predicted octanol–water partition coefficient (Wildman–Crippen LogP) is 4.05. The molecule has 0 aliphatic heterocycles. The average molecular weight is 445 g/mol. The van der Waals surface area contributed by atoms with Crippen molar-refractivity contribution in [1.82, 2.24) is 5.32 Å². The molecule has 1 fully saturated rings. The minimum absolute atomic E-state index is 0.0704. The number of hydrogen-bond acceptors (Lipinski definition) is 4. The molecular formula is C21H33ClN2O4S. The molecule has 0 radical (unpaired) electrons. The van der Waals surface area contributed by atoms with E-state index in [1.54, 1.807) is 25.1 Å². The number of carbonyl (C=O) groups excluding carboxylic acids is 1. The van der Waals surface area contributed by atoms with Crippen molar-refractivity contribution in [2.24, 2.45) is 0 Å². The normalized spacial score (nSPS) is 15.3. The summed E-state index contributed by atoms with van der Waals surface area (Å²) >= 11 is 6.13. The summed E-state index contributed by atoms with van der Waals surface area (Å²) in [5, 5.41) is 3.40. The molecule has 1 aliphatic rings. The van der Waals surface area contributed by atoms with Gasteiger partial charge in [-0.2, -0.15) is 0 Å². The number of anilines is 1. The lowest BCUT2D eigenvalue weighted by atomic mass is 9.98. The zero-order valence-electron chi connectivity index (χ0n) is 17.5. The second-order valence-electron chi connectivity index (χ2n) is 7.66. The van der Waals surface area contributed by atoms with Gasteiger partial charge in [-0.15, -0.1) is 0 Å². The van der Waals surface area contributed by atoms with E-state index < -0.39 is 10.0 Å². The molecule has 1 saturated carbocycles. The van der Waals surface area contributed by atoms with Gasteiger partial charge in [-0.25, -0.2) is 8.42 Å². The molecule has 0 atom stereocenters. The number of amides is 1. The van der Waals surface area contributed by atoms with Crippen LogP contribution < -0.4 is 9.62 Å². The van der Waals surface area contributed by atoms with Gasteiger partial charge in [-0.1, -0.05) is 36.9 Å². The fourth-order valence-corrected chi connectivity index (χ4v) is 4.77. The summed E-state index contributed by atoms with van der Waals surface area (Å²) in [5.41, 5.74) is 1.27. The molecular weight excluding hydrogens is 412 g/mol. The van der Waals surface area contributed by atoms with Gasteiger partial charge in [-0.05, 0) is 50.3 Å². The summed E-state index contributed by atoms with van der Waals surface area (Å²) in [6.45, 7) is 3.27. The third kappa shape index (κ3) is 8.15. The van der Waals surface area contributed by atoms with E-state index in [1.165, 1.54) is 29.8 Å². The Labute approximate surface area is 180 Å². The number of benzene rings is 1. The van der Waals surface area contributed by atoms with E-state index in [0.717, 1.165) is 19.3 Å². The summed E-state index contributed by atoms with van der Waals surface area (Å²) in [7, 11) is -3.46. The highest BCUT2D eigenvalue weighted by molar-refractivity contribution is 7.92. The largest absolute Gasteiger partial charge is 0.378 e. The molecule has 1 aromatic carbocycles. The maximum atomic E-state index is 12.2. The van der Waals surface area contributed by atoms with E-state index in [0.29, 0.717) is 41.9 Å². The number of rotatable bonds is 11. The Kier molecular flexibility index (Phi) is 9.72. The van der Waals surface area contributed by atoms with Crippen molar-refractivity contribution in [3.8, 4) is 0 Å². The second kappa shape index (κ2) is 11.8. The zero-order valence-corrected chi connectivity index (χ0v) is 19.0. The van der Waals surface area contributed by atoms with E-state index >= 15 is 0 Å². The van der Waals surface area contributed by atoms with Crippen LogP contribution in [-0.4, -0.2) is 46.4 Å². The van der Waals surface area contributed by atoms with Crippen LogP contribution in [-0.2, 0) is 19.6 Å². The van der Waals surface area contributed by atoms with E-state index in [9.17, 15) is 13.2 Å². The maximum Gasteiger partial charge on any atom is 0.232 e. The Morgan fingerprint density at radius 3 is 2.66 bits per heavy atom. The lowest BCUT2D eigenvalue weighted by molar-refractivity contribution is -0.121. The fraction of sp³-hybridized carbons (Fsp3) is 0.667. The van der Waals surface area contributed by atoms with Crippen molar-refractivity contribution in [2.75, 3.05) is 30.3 Å². The summed E-state index contributed by atoms with van der Waals surface area (Å²) in [5.74, 6) is -0.0704. The number of sulfonamides is 1. The van der Waals surface area contributed by atoms with Gasteiger partial charge in [0.2, 0.25) is 15.9 Å². The van der Waals surface area contributed by atoms with Crippen LogP contribution >= 0.6 is 11.6 Å². The first-order valence-electron chi connectivity index (χ1n) is 10.4. The van der Waals surface area contributed by atoms with Gasteiger partial charge >= 0.3 is 0 Å². The Morgan fingerprint density at radius 2 is 1.97 bits per heavy atom. The van der Waals surface area contributed by atoms with E-state index in [2.05, 4.69) is 5.32 Å². The molecule has 2 rings (SSSR count). The van der Waals surface area contributed by atoms with Crippen molar-refractivity contribution < 1.29 is 17.9 Å². The third-order valence-electron chi connectivity index (χ3n) is 5.22.